The number of rotatable bonds is 6. The lowest BCUT2D eigenvalue weighted by Gasteiger charge is -2.05. The van der Waals surface area contributed by atoms with Crippen LogP contribution in [-0.4, -0.2) is 11.0 Å². The van der Waals surface area contributed by atoms with Crippen LogP contribution in [0.1, 0.15) is 61.5 Å². The van der Waals surface area contributed by atoms with Crippen molar-refractivity contribution in [3.05, 3.63) is 15.6 Å². The summed E-state index contributed by atoms with van der Waals surface area (Å²) in [6, 6.07) is 0.794. The van der Waals surface area contributed by atoms with Gasteiger partial charge in [0.2, 0.25) is 0 Å². The third kappa shape index (κ3) is 2.94. The lowest BCUT2D eigenvalue weighted by Crippen LogP contribution is -2.15. The second-order valence-electron chi connectivity index (χ2n) is 6.49. The van der Waals surface area contributed by atoms with E-state index in [9.17, 15) is 0 Å². The molecule has 2 aliphatic rings. The summed E-state index contributed by atoms with van der Waals surface area (Å²) in [7, 11) is 0. The van der Waals surface area contributed by atoms with Gasteiger partial charge in [0.05, 0.1) is 10.7 Å². The zero-order valence-electron chi connectivity index (χ0n) is 11.7. The minimum absolute atomic E-state index is 0.705. The van der Waals surface area contributed by atoms with E-state index in [1.165, 1.54) is 34.8 Å². The second-order valence-corrected chi connectivity index (χ2v) is 7.61. The van der Waals surface area contributed by atoms with Crippen LogP contribution in [0.2, 0.25) is 0 Å². The molecule has 2 aliphatic carbocycles. The van der Waals surface area contributed by atoms with Gasteiger partial charge in [0, 0.05) is 23.4 Å². The molecule has 1 aromatic heterocycles. The standard InChI is InChI=1S/C15H24N2S/c1-9(2)6-13-14(8-16-11-4-5-11)18-15(17-13)12-7-10(12)3/h9-12,16H,4-8H2,1-3H3. The topological polar surface area (TPSA) is 24.9 Å². The van der Waals surface area contributed by atoms with Crippen LogP contribution >= 0.6 is 11.3 Å². The number of thiazole rings is 1. The summed E-state index contributed by atoms with van der Waals surface area (Å²) in [5.74, 6) is 2.35. The summed E-state index contributed by atoms with van der Waals surface area (Å²) >= 11 is 1.97. The minimum atomic E-state index is 0.705. The van der Waals surface area contributed by atoms with Crippen LogP contribution in [0.4, 0.5) is 0 Å². The van der Waals surface area contributed by atoms with E-state index in [2.05, 4.69) is 26.1 Å². The summed E-state index contributed by atoms with van der Waals surface area (Å²) in [6.07, 6.45) is 5.22. The summed E-state index contributed by atoms with van der Waals surface area (Å²) < 4.78 is 0. The van der Waals surface area contributed by atoms with Crippen LogP contribution in [-0.2, 0) is 13.0 Å². The highest BCUT2D eigenvalue weighted by Crippen LogP contribution is 2.48. The molecule has 1 N–H and O–H groups in total. The number of hydrogen-bond acceptors (Lipinski definition) is 3. The quantitative estimate of drug-likeness (QED) is 0.847. The maximum Gasteiger partial charge on any atom is 0.0965 e. The molecule has 3 rings (SSSR count). The molecule has 0 bridgehead atoms. The zero-order chi connectivity index (χ0) is 12.7. The predicted molar refractivity (Wildman–Crippen MR) is 77.0 cm³/mol. The van der Waals surface area contributed by atoms with Gasteiger partial charge in [-0.1, -0.05) is 20.8 Å². The molecular formula is C15H24N2S. The molecule has 0 amide bonds. The minimum Gasteiger partial charge on any atom is -0.309 e. The average molecular weight is 264 g/mol. The number of aromatic nitrogens is 1. The molecule has 2 nitrogen and oxygen atoms in total. The van der Waals surface area contributed by atoms with Crippen molar-refractivity contribution in [1.29, 1.82) is 0 Å². The molecule has 3 heteroatoms. The normalized spacial score (nSPS) is 26.9. The Bertz CT molecular complexity index is 420. The monoisotopic (exact) mass is 264 g/mol. The van der Waals surface area contributed by atoms with Crippen LogP contribution in [0.15, 0.2) is 0 Å². The van der Waals surface area contributed by atoms with Crippen molar-refractivity contribution in [2.24, 2.45) is 11.8 Å². The molecule has 1 heterocycles. The summed E-state index contributed by atoms with van der Waals surface area (Å²) in [5, 5.41) is 5.05. The number of hydrogen-bond donors (Lipinski definition) is 1. The van der Waals surface area contributed by atoms with Gasteiger partial charge < -0.3 is 5.32 Å². The molecule has 100 valence electrons. The van der Waals surface area contributed by atoms with E-state index in [-0.39, 0.29) is 0 Å². The van der Waals surface area contributed by atoms with Gasteiger partial charge >= 0.3 is 0 Å². The van der Waals surface area contributed by atoms with E-state index in [0.717, 1.165) is 30.8 Å². The first-order chi connectivity index (χ1) is 8.63. The van der Waals surface area contributed by atoms with Gasteiger partial charge in [-0.15, -0.1) is 11.3 Å². The Morgan fingerprint density at radius 3 is 2.67 bits per heavy atom. The van der Waals surface area contributed by atoms with Crippen LogP contribution in [0, 0.1) is 11.8 Å². The lowest BCUT2D eigenvalue weighted by molar-refractivity contribution is 0.622. The van der Waals surface area contributed by atoms with E-state index in [0.29, 0.717) is 5.92 Å². The fourth-order valence-electron chi connectivity index (χ4n) is 2.44. The molecule has 0 aromatic carbocycles. The molecule has 2 saturated carbocycles. The zero-order valence-corrected chi connectivity index (χ0v) is 12.5. The third-order valence-electron chi connectivity index (χ3n) is 3.95. The Kier molecular flexibility index (Phi) is 3.46. The predicted octanol–water partition coefficient (Wildman–Crippen LogP) is 3.72. The molecule has 0 spiro atoms. The average Bonchev–Trinajstić information content (AvgIpc) is 3.19. The van der Waals surface area contributed by atoms with Crippen molar-refractivity contribution in [2.75, 3.05) is 0 Å². The Labute approximate surface area is 114 Å². The highest BCUT2D eigenvalue weighted by atomic mass is 32.1. The van der Waals surface area contributed by atoms with E-state index in [1.54, 1.807) is 0 Å². The molecule has 2 unspecified atom stereocenters. The molecule has 2 atom stereocenters. The Hall–Kier alpha value is -0.410. The van der Waals surface area contributed by atoms with Crippen LogP contribution in [0.5, 0.6) is 0 Å². The van der Waals surface area contributed by atoms with Gasteiger partial charge in [-0.05, 0) is 37.5 Å². The van der Waals surface area contributed by atoms with Crippen LogP contribution in [0.25, 0.3) is 0 Å². The first kappa shape index (κ1) is 12.6. The molecule has 0 aliphatic heterocycles. The molecule has 18 heavy (non-hydrogen) atoms. The van der Waals surface area contributed by atoms with Crippen LogP contribution < -0.4 is 5.32 Å². The van der Waals surface area contributed by atoms with E-state index in [4.69, 9.17) is 4.98 Å². The maximum atomic E-state index is 4.94. The molecule has 1 aromatic rings. The fourth-order valence-corrected chi connectivity index (χ4v) is 3.73. The summed E-state index contributed by atoms with van der Waals surface area (Å²) in [5.41, 5.74) is 1.37. The van der Waals surface area contributed by atoms with Crippen molar-refractivity contribution < 1.29 is 0 Å². The van der Waals surface area contributed by atoms with Gasteiger partial charge in [0.1, 0.15) is 0 Å². The van der Waals surface area contributed by atoms with Crippen molar-refractivity contribution in [3.63, 3.8) is 0 Å². The summed E-state index contributed by atoms with van der Waals surface area (Å²) in [4.78, 5) is 6.44. The third-order valence-corrected chi connectivity index (χ3v) is 5.18. The lowest BCUT2D eigenvalue weighted by atomic mass is 10.1. The van der Waals surface area contributed by atoms with Crippen molar-refractivity contribution in [2.45, 2.75) is 65.0 Å². The summed E-state index contributed by atoms with van der Waals surface area (Å²) in [6.45, 7) is 7.97. The van der Waals surface area contributed by atoms with Gasteiger partial charge in [-0.3, -0.25) is 0 Å². The van der Waals surface area contributed by atoms with Crippen molar-refractivity contribution >= 4 is 11.3 Å². The Balaban J connectivity index is 1.72. The van der Waals surface area contributed by atoms with Crippen molar-refractivity contribution in [1.82, 2.24) is 10.3 Å². The number of nitrogens with one attached hydrogen (secondary N) is 1. The first-order valence-corrected chi connectivity index (χ1v) is 8.17. The van der Waals surface area contributed by atoms with Gasteiger partial charge in [0.25, 0.3) is 0 Å². The highest BCUT2D eigenvalue weighted by Gasteiger charge is 2.37. The molecule has 0 saturated heterocycles. The highest BCUT2D eigenvalue weighted by molar-refractivity contribution is 7.11. The molecule has 2 fully saturated rings. The van der Waals surface area contributed by atoms with E-state index in [1.807, 2.05) is 11.3 Å². The van der Waals surface area contributed by atoms with E-state index >= 15 is 0 Å². The van der Waals surface area contributed by atoms with Crippen molar-refractivity contribution in [3.8, 4) is 0 Å². The number of nitrogens with zero attached hydrogens (tertiary/aromatic N) is 1. The molecular weight excluding hydrogens is 240 g/mol. The first-order valence-electron chi connectivity index (χ1n) is 7.35. The SMILES string of the molecule is CC(C)Cc1nc(C2CC2C)sc1CNC1CC1. The van der Waals surface area contributed by atoms with E-state index < -0.39 is 0 Å². The van der Waals surface area contributed by atoms with Gasteiger partial charge in [0.15, 0.2) is 0 Å². The van der Waals surface area contributed by atoms with Gasteiger partial charge in [-0.2, -0.15) is 0 Å². The largest absolute Gasteiger partial charge is 0.309 e. The fraction of sp³-hybridized carbons (Fsp3) is 0.800. The Morgan fingerprint density at radius 1 is 1.39 bits per heavy atom. The second kappa shape index (κ2) is 4.93. The smallest absolute Gasteiger partial charge is 0.0965 e. The maximum absolute atomic E-state index is 4.94. The Morgan fingerprint density at radius 2 is 2.11 bits per heavy atom. The van der Waals surface area contributed by atoms with Gasteiger partial charge in [-0.25, -0.2) is 4.98 Å². The van der Waals surface area contributed by atoms with Crippen LogP contribution in [0.3, 0.4) is 0 Å². The molecule has 0 radical (unpaired) electrons.